The summed E-state index contributed by atoms with van der Waals surface area (Å²) in [5, 5.41) is 9.15. The molecule has 2 N–H and O–H groups in total. The number of nitrogens with one attached hydrogen (secondary N) is 2. The average molecular weight is 348 g/mol. The lowest BCUT2D eigenvalue weighted by Gasteiger charge is -2.07. The van der Waals surface area contributed by atoms with E-state index in [9.17, 15) is 18.4 Å². The van der Waals surface area contributed by atoms with Crippen LogP contribution in [0.2, 0.25) is 0 Å². The second-order valence-electron chi connectivity index (χ2n) is 6.01. The van der Waals surface area contributed by atoms with Crippen LogP contribution in [0.25, 0.3) is 0 Å². The molecule has 2 amide bonds. The zero-order valence-electron chi connectivity index (χ0n) is 13.8. The van der Waals surface area contributed by atoms with Gasteiger partial charge in [0.1, 0.15) is 17.5 Å². The SMILES string of the molecule is CCc1cc(NC(=O)C(=O)N[C@@H]2C[C@@H]2c2c(F)cccc2F)n(C)n1. The molecule has 2 atom stereocenters. The maximum atomic E-state index is 13.7. The summed E-state index contributed by atoms with van der Waals surface area (Å²) in [7, 11) is 1.66. The van der Waals surface area contributed by atoms with Crippen molar-refractivity contribution in [2.75, 3.05) is 5.32 Å². The summed E-state index contributed by atoms with van der Waals surface area (Å²) in [6, 6.07) is 4.87. The van der Waals surface area contributed by atoms with E-state index < -0.39 is 35.4 Å². The molecule has 0 spiro atoms. The third kappa shape index (κ3) is 3.52. The summed E-state index contributed by atoms with van der Waals surface area (Å²) in [6.45, 7) is 1.93. The number of hydrogen-bond donors (Lipinski definition) is 2. The van der Waals surface area contributed by atoms with Gasteiger partial charge in [-0.15, -0.1) is 0 Å². The number of halogens is 2. The maximum Gasteiger partial charge on any atom is 0.314 e. The van der Waals surface area contributed by atoms with Gasteiger partial charge in [0.25, 0.3) is 0 Å². The molecule has 132 valence electrons. The molecular weight excluding hydrogens is 330 g/mol. The van der Waals surface area contributed by atoms with Crippen molar-refractivity contribution in [1.82, 2.24) is 15.1 Å². The van der Waals surface area contributed by atoms with Gasteiger partial charge in [-0.1, -0.05) is 13.0 Å². The molecule has 1 aromatic heterocycles. The van der Waals surface area contributed by atoms with Gasteiger partial charge in [-0.3, -0.25) is 14.3 Å². The fourth-order valence-corrected chi connectivity index (χ4v) is 2.76. The Hall–Kier alpha value is -2.77. The third-order valence-electron chi connectivity index (χ3n) is 4.22. The topological polar surface area (TPSA) is 76.0 Å². The Kier molecular flexibility index (Phi) is 4.52. The Morgan fingerprint density at radius 3 is 2.56 bits per heavy atom. The molecule has 8 heteroatoms. The maximum absolute atomic E-state index is 13.7. The summed E-state index contributed by atoms with van der Waals surface area (Å²) in [5.41, 5.74) is 0.739. The normalized spacial score (nSPS) is 18.7. The predicted octanol–water partition coefficient (Wildman–Crippen LogP) is 1.87. The van der Waals surface area contributed by atoms with Gasteiger partial charge in [-0.25, -0.2) is 8.78 Å². The van der Waals surface area contributed by atoms with Crippen LogP contribution in [-0.4, -0.2) is 27.6 Å². The van der Waals surface area contributed by atoms with Crippen molar-refractivity contribution < 1.29 is 18.4 Å². The van der Waals surface area contributed by atoms with Gasteiger partial charge in [0, 0.05) is 30.6 Å². The van der Waals surface area contributed by atoms with Crippen molar-refractivity contribution in [3.05, 3.63) is 47.2 Å². The second-order valence-corrected chi connectivity index (χ2v) is 6.01. The lowest BCUT2D eigenvalue weighted by atomic mass is 10.1. The standard InChI is InChI=1S/C17H18F2N4O2/c1-3-9-7-14(23(2)22-9)21-17(25)16(24)20-13-8-10(13)15-11(18)5-4-6-12(15)19/h4-7,10,13H,3,8H2,1-2H3,(H,20,24)(H,21,25)/t10-,13+/m0/s1. The third-order valence-corrected chi connectivity index (χ3v) is 4.22. The number of amides is 2. The molecular formula is C17H18F2N4O2. The summed E-state index contributed by atoms with van der Waals surface area (Å²) in [6.07, 6.45) is 1.09. The van der Waals surface area contributed by atoms with E-state index in [4.69, 9.17) is 0 Å². The van der Waals surface area contributed by atoms with Crippen molar-refractivity contribution in [3.8, 4) is 0 Å². The van der Waals surface area contributed by atoms with Gasteiger partial charge in [0.05, 0.1) is 5.69 Å². The van der Waals surface area contributed by atoms with E-state index in [1.54, 1.807) is 13.1 Å². The molecule has 0 unspecified atom stereocenters. The van der Waals surface area contributed by atoms with Crippen molar-refractivity contribution in [3.63, 3.8) is 0 Å². The molecule has 1 saturated carbocycles. The van der Waals surface area contributed by atoms with Gasteiger partial charge in [0.2, 0.25) is 0 Å². The number of carbonyl (C=O) groups excluding carboxylic acids is 2. The molecule has 6 nitrogen and oxygen atoms in total. The highest BCUT2D eigenvalue weighted by molar-refractivity contribution is 6.39. The van der Waals surface area contributed by atoms with Gasteiger partial charge in [-0.2, -0.15) is 5.10 Å². The molecule has 1 aliphatic rings. The second kappa shape index (κ2) is 6.62. The van der Waals surface area contributed by atoms with E-state index in [0.29, 0.717) is 18.7 Å². The first-order chi connectivity index (χ1) is 11.9. The number of anilines is 1. The number of carbonyl (C=O) groups is 2. The van der Waals surface area contributed by atoms with Gasteiger partial charge >= 0.3 is 11.8 Å². The zero-order valence-corrected chi connectivity index (χ0v) is 13.8. The van der Waals surface area contributed by atoms with E-state index in [-0.39, 0.29) is 5.56 Å². The zero-order chi connectivity index (χ0) is 18.1. The summed E-state index contributed by atoms with van der Waals surface area (Å²) >= 11 is 0. The summed E-state index contributed by atoms with van der Waals surface area (Å²) in [5.74, 6) is -3.03. The molecule has 3 rings (SSSR count). The number of benzene rings is 1. The van der Waals surface area contributed by atoms with E-state index in [1.165, 1.54) is 22.9 Å². The fraction of sp³-hybridized carbons (Fsp3) is 0.353. The number of aryl methyl sites for hydroxylation is 2. The monoisotopic (exact) mass is 348 g/mol. The summed E-state index contributed by atoms with van der Waals surface area (Å²) < 4.78 is 28.9. The Morgan fingerprint density at radius 2 is 1.96 bits per heavy atom. The molecule has 25 heavy (non-hydrogen) atoms. The van der Waals surface area contributed by atoms with Crippen LogP contribution >= 0.6 is 0 Å². The number of nitrogens with zero attached hydrogens (tertiary/aromatic N) is 2. The van der Waals surface area contributed by atoms with Crippen LogP contribution in [0.15, 0.2) is 24.3 Å². The first-order valence-electron chi connectivity index (χ1n) is 7.99. The van der Waals surface area contributed by atoms with Crippen LogP contribution in [0.3, 0.4) is 0 Å². The molecule has 1 aliphatic carbocycles. The highest BCUT2D eigenvalue weighted by Gasteiger charge is 2.43. The van der Waals surface area contributed by atoms with Crippen molar-refractivity contribution in [1.29, 1.82) is 0 Å². The Labute approximate surface area is 143 Å². The highest BCUT2D eigenvalue weighted by Crippen LogP contribution is 2.43. The Balaban J connectivity index is 1.60. The Morgan fingerprint density at radius 1 is 1.28 bits per heavy atom. The molecule has 0 radical (unpaired) electrons. The van der Waals surface area contributed by atoms with Crippen LogP contribution in [0.5, 0.6) is 0 Å². The smallest absolute Gasteiger partial charge is 0.314 e. The van der Waals surface area contributed by atoms with Crippen LogP contribution in [-0.2, 0) is 23.1 Å². The van der Waals surface area contributed by atoms with E-state index >= 15 is 0 Å². The van der Waals surface area contributed by atoms with Crippen molar-refractivity contribution >= 4 is 17.6 Å². The lowest BCUT2D eigenvalue weighted by molar-refractivity contribution is -0.136. The minimum Gasteiger partial charge on any atom is -0.344 e. The first kappa shape index (κ1) is 17.1. The largest absolute Gasteiger partial charge is 0.344 e. The minimum atomic E-state index is -0.844. The average Bonchev–Trinajstić information content (AvgIpc) is 3.21. The van der Waals surface area contributed by atoms with Gasteiger partial charge in [-0.05, 0) is 25.0 Å². The van der Waals surface area contributed by atoms with Crippen LogP contribution in [0.1, 0.15) is 30.5 Å². The predicted molar refractivity (Wildman–Crippen MR) is 86.9 cm³/mol. The van der Waals surface area contributed by atoms with Crippen LogP contribution in [0, 0.1) is 11.6 Å². The summed E-state index contributed by atoms with van der Waals surface area (Å²) in [4.78, 5) is 24.0. The van der Waals surface area contributed by atoms with E-state index in [0.717, 1.165) is 5.69 Å². The number of aromatic nitrogens is 2. The lowest BCUT2D eigenvalue weighted by Crippen LogP contribution is -2.37. The molecule has 1 heterocycles. The van der Waals surface area contributed by atoms with Gasteiger partial charge < -0.3 is 10.6 Å². The van der Waals surface area contributed by atoms with E-state index in [1.807, 2.05) is 6.92 Å². The number of rotatable bonds is 4. The Bertz CT molecular complexity index is 814. The van der Waals surface area contributed by atoms with Crippen LogP contribution in [0.4, 0.5) is 14.6 Å². The van der Waals surface area contributed by atoms with Crippen molar-refractivity contribution in [2.45, 2.75) is 31.7 Å². The van der Waals surface area contributed by atoms with Gasteiger partial charge in [0.15, 0.2) is 0 Å². The molecule has 1 aromatic carbocycles. The van der Waals surface area contributed by atoms with Crippen LogP contribution < -0.4 is 10.6 Å². The number of hydrogen-bond acceptors (Lipinski definition) is 3. The molecule has 1 fully saturated rings. The molecule has 2 aromatic rings. The van der Waals surface area contributed by atoms with E-state index in [2.05, 4.69) is 15.7 Å². The highest BCUT2D eigenvalue weighted by atomic mass is 19.1. The fourth-order valence-electron chi connectivity index (χ4n) is 2.76. The molecule has 0 bridgehead atoms. The quantitative estimate of drug-likeness (QED) is 0.829. The molecule has 0 aliphatic heterocycles. The first-order valence-corrected chi connectivity index (χ1v) is 7.99. The molecule has 0 saturated heterocycles. The van der Waals surface area contributed by atoms with Crippen molar-refractivity contribution in [2.24, 2.45) is 7.05 Å². The minimum absolute atomic E-state index is 0.0487.